The lowest BCUT2D eigenvalue weighted by Crippen LogP contribution is -2.12. The Hall–Kier alpha value is -3.81. The lowest BCUT2D eigenvalue weighted by atomic mass is 10.2. The monoisotopic (exact) mass is 405 g/mol. The molecule has 0 amide bonds. The van der Waals surface area contributed by atoms with Crippen LogP contribution in [0.15, 0.2) is 55.1 Å². The molecule has 0 atom stereocenters. The van der Waals surface area contributed by atoms with Gasteiger partial charge < -0.3 is 23.7 Å². The van der Waals surface area contributed by atoms with E-state index in [0.717, 1.165) is 34.0 Å². The summed E-state index contributed by atoms with van der Waals surface area (Å²) >= 11 is 0. The van der Waals surface area contributed by atoms with Crippen LogP contribution in [0.4, 0.5) is 11.5 Å². The molecule has 2 aromatic carbocycles. The van der Waals surface area contributed by atoms with E-state index in [-0.39, 0.29) is 0 Å². The van der Waals surface area contributed by atoms with Crippen molar-refractivity contribution >= 4 is 22.7 Å². The maximum absolute atomic E-state index is 5.41. The van der Waals surface area contributed by atoms with Crippen molar-refractivity contribution in [1.29, 1.82) is 0 Å². The summed E-state index contributed by atoms with van der Waals surface area (Å²) < 4.78 is 18.0. The fourth-order valence-corrected chi connectivity index (χ4v) is 3.33. The average Bonchev–Trinajstić information content (AvgIpc) is 3.21. The van der Waals surface area contributed by atoms with Crippen LogP contribution in [-0.2, 0) is 6.54 Å². The van der Waals surface area contributed by atoms with Gasteiger partial charge in [-0.3, -0.25) is 0 Å². The Balaban J connectivity index is 1.66. The number of anilines is 2. The van der Waals surface area contributed by atoms with Gasteiger partial charge in [0, 0.05) is 12.7 Å². The minimum absolute atomic E-state index is 0.597. The summed E-state index contributed by atoms with van der Waals surface area (Å²) in [7, 11) is 6.86. The van der Waals surface area contributed by atoms with Gasteiger partial charge in [-0.05, 0) is 42.0 Å². The molecule has 154 valence electrons. The van der Waals surface area contributed by atoms with Crippen molar-refractivity contribution in [2.45, 2.75) is 6.54 Å². The minimum Gasteiger partial charge on any atom is -0.497 e. The first-order valence-corrected chi connectivity index (χ1v) is 9.39. The first-order chi connectivity index (χ1) is 14.6. The maximum Gasteiger partial charge on any atom is 0.165 e. The third-order valence-electron chi connectivity index (χ3n) is 4.96. The van der Waals surface area contributed by atoms with Crippen molar-refractivity contribution in [2.75, 3.05) is 33.3 Å². The number of ether oxygens (including phenoxy) is 3. The number of fused-ring (bicyclic) bond motifs is 1. The van der Waals surface area contributed by atoms with Crippen LogP contribution in [0.3, 0.4) is 0 Å². The molecule has 8 nitrogen and oxygen atoms in total. The smallest absolute Gasteiger partial charge is 0.165 e. The van der Waals surface area contributed by atoms with Crippen molar-refractivity contribution in [3.05, 3.63) is 60.7 Å². The standard InChI is InChI=1S/C22H23N5O3/c1-26(16-6-8-17(28-2)9-7-16)21-20-22(24-13-23-21)27(14-25-20)12-15-5-10-18(29-3)19(11-15)30-4/h5-11,13-14H,12H2,1-4H3. The SMILES string of the molecule is COc1ccc(N(C)c2ncnc3c2ncn3Cc2ccc(OC)c(OC)c2)cc1. The third-order valence-corrected chi connectivity index (χ3v) is 4.96. The summed E-state index contributed by atoms with van der Waals surface area (Å²) in [5.74, 6) is 2.92. The zero-order chi connectivity index (χ0) is 21.1. The largest absolute Gasteiger partial charge is 0.497 e. The molecule has 0 radical (unpaired) electrons. The van der Waals surface area contributed by atoms with Crippen LogP contribution in [0.5, 0.6) is 17.2 Å². The van der Waals surface area contributed by atoms with Crippen LogP contribution in [0.1, 0.15) is 5.56 Å². The zero-order valence-corrected chi connectivity index (χ0v) is 17.4. The van der Waals surface area contributed by atoms with Gasteiger partial charge in [0.05, 0.1) is 34.2 Å². The summed E-state index contributed by atoms with van der Waals surface area (Å²) in [6.07, 6.45) is 3.34. The van der Waals surface area contributed by atoms with Crippen LogP contribution in [-0.4, -0.2) is 47.9 Å². The molecular formula is C22H23N5O3. The molecule has 0 fully saturated rings. The van der Waals surface area contributed by atoms with Crippen LogP contribution >= 0.6 is 0 Å². The van der Waals surface area contributed by atoms with Crippen molar-refractivity contribution in [3.8, 4) is 17.2 Å². The summed E-state index contributed by atoms with van der Waals surface area (Å²) in [5, 5.41) is 0. The first-order valence-electron chi connectivity index (χ1n) is 9.39. The molecule has 2 aromatic heterocycles. The van der Waals surface area contributed by atoms with Gasteiger partial charge in [0.1, 0.15) is 12.1 Å². The van der Waals surface area contributed by atoms with Gasteiger partial charge in [0.15, 0.2) is 28.5 Å². The number of hydrogen-bond donors (Lipinski definition) is 0. The van der Waals surface area contributed by atoms with E-state index in [4.69, 9.17) is 14.2 Å². The average molecular weight is 405 g/mol. The molecule has 2 heterocycles. The number of methoxy groups -OCH3 is 3. The van der Waals surface area contributed by atoms with Crippen molar-refractivity contribution in [2.24, 2.45) is 0 Å². The quantitative estimate of drug-likeness (QED) is 0.464. The highest BCUT2D eigenvalue weighted by molar-refractivity contribution is 5.86. The molecule has 0 bridgehead atoms. The number of aromatic nitrogens is 4. The molecule has 0 aliphatic heterocycles. The van der Waals surface area contributed by atoms with Gasteiger partial charge >= 0.3 is 0 Å². The summed E-state index contributed by atoms with van der Waals surface area (Å²) in [6, 6.07) is 13.6. The van der Waals surface area contributed by atoms with E-state index in [1.165, 1.54) is 0 Å². The first kappa shape index (κ1) is 19.5. The molecule has 4 rings (SSSR count). The predicted octanol–water partition coefficient (Wildman–Crippen LogP) is 3.67. The Labute approximate surface area is 174 Å². The van der Waals surface area contributed by atoms with Gasteiger partial charge in [-0.1, -0.05) is 6.07 Å². The lowest BCUT2D eigenvalue weighted by Gasteiger charge is -2.18. The van der Waals surface area contributed by atoms with E-state index < -0.39 is 0 Å². The molecule has 0 unspecified atom stereocenters. The molecule has 30 heavy (non-hydrogen) atoms. The molecule has 0 aliphatic rings. The fourth-order valence-electron chi connectivity index (χ4n) is 3.33. The fraction of sp³-hybridized carbons (Fsp3) is 0.227. The molecule has 0 spiro atoms. The van der Waals surface area contributed by atoms with Crippen molar-refractivity contribution in [1.82, 2.24) is 19.5 Å². The van der Waals surface area contributed by atoms with Gasteiger partial charge in [0.2, 0.25) is 0 Å². The van der Waals surface area contributed by atoms with Crippen molar-refractivity contribution < 1.29 is 14.2 Å². The van der Waals surface area contributed by atoms with E-state index in [1.54, 1.807) is 34.0 Å². The summed E-state index contributed by atoms with van der Waals surface area (Å²) in [4.78, 5) is 15.5. The molecule has 4 aromatic rings. The van der Waals surface area contributed by atoms with E-state index >= 15 is 0 Å². The topological polar surface area (TPSA) is 74.5 Å². The van der Waals surface area contributed by atoms with Crippen LogP contribution < -0.4 is 19.1 Å². The number of hydrogen-bond acceptors (Lipinski definition) is 7. The predicted molar refractivity (Wildman–Crippen MR) is 115 cm³/mol. The highest BCUT2D eigenvalue weighted by atomic mass is 16.5. The van der Waals surface area contributed by atoms with E-state index in [0.29, 0.717) is 18.0 Å². The van der Waals surface area contributed by atoms with Crippen molar-refractivity contribution in [3.63, 3.8) is 0 Å². The third kappa shape index (κ3) is 3.59. The minimum atomic E-state index is 0.597. The Bertz CT molecular complexity index is 1160. The Kier molecular flexibility index (Phi) is 5.38. The molecule has 8 heteroatoms. The van der Waals surface area contributed by atoms with Gasteiger partial charge in [-0.25, -0.2) is 15.0 Å². The zero-order valence-electron chi connectivity index (χ0n) is 17.4. The van der Waals surface area contributed by atoms with Gasteiger partial charge in [-0.2, -0.15) is 0 Å². The van der Waals surface area contributed by atoms with Gasteiger partial charge in [-0.15, -0.1) is 0 Å². The normalized spacial score (nSPS) is 10.8. The second-order valence-electron chi connectivity index (χ2n) is 6.69. The Morgan fingerprint density at radius 2 is 1.63 bits per heavy atom. The Morgan fingerprint density at radius 3 is 2.33 bits per heavy atom. The number of nitrogens with zero attached hydrogens (tertiary/aromatic N) is 5. The molecule has 0 saturated heterocycles. The molecular weight excluding hydrogens is 382 g/mol. The van der Waals surface area contributed by atoms with E-state index in [9.17, 15) is 0 Å². The second-order valence-corrected chi connectivity index (χ2v) is 6.69. The van der Waals surface area contributed by atoms with Crippen LogP contribution in [0.2, 0.25) is 0 Å². The lowest BCUT2D eigenvalue weighted by molar-refractivity contribution is 0.354. The van der Waals surface area contributed by atoms with E-state index in [1.807, 2.05) is 59.0 Å². The van der Waals surface area contributed by atoms with Crippen LogP contribution in [0, 0.1) is 0 Å². The highest BCUT2D eigenvalue weighted by Crippen LogP contribution is 2.30. The summed E-state index contributed by atoms with van der Waals surface area (Å²) in [5.41, 5.74) is 3.52. The van der Waals surface area contributed by atoms with Crippen LogP contribution in [0.25, 0.3) is 11.2 Å². The second kappa shape index (κ2) is 8.28. The number of benzene rings is 2. The van der Waals surface area contributed by atoms with Gasteiger partial charge in [0.25, 0.3) is 0 Å². The molecule has 0 saturated carbocycles. The van der Waals surface area contributed by atoms with E-state index in [2.05, 4.69) is 15.0 Å². The highest BCUT2D eigenvalue weighted by Gasteiger charge is 2.15. The number of rotatable bonds is 7. The Morgan fingerprint density at radius 1 is 0.867 bits per heavy atom. The summed E-state index contributed by atoms with van der Waals surface area (Å²) in [6.45, 7) is 0.597. The number of imidazole rings is 1. The maximum atomic E-state index is 5.41. The molecule has 0 aliphatic carbocycles. The molecule has 0 N–H and O–H groups in total.